The molecule has 5 unspecified atom stereocenters. The van der Waals surface area contributed by atoms with E-state index in [1.165, 1.54) is 0 Å². The van der Waals surface area contributed by atoms with Crippen LogP contribution in [0.1, 0.15) is 39.7 Å². The number of hydrogen-bond acceptors (Lipinski definition) is 6. The first-order valence-corrected chi connectivity index (χ1v) is 11.1. The molecule has 1 rings (SSSR count). The molecule has 0 spiro atoms. The van der Waals surface area contributed by atoms with Crippen molar-refractivity contribution in [3.63, 3.8) is 0 Å². The van der Waals surface area contributed by atoms with Crippen LogP contribution in [-0.4, -0.2) is 64.7 Å². The SMILES string of the molecule is CCC(C)C(NC(=O)C(N)CO)C(=O)NC(Cc1ccccc1)C(=O)NC(C(=O)O)C(C)C. The number of carboxylic acids is 1. The van der Waals surface area contributed by atoms with E-state index in [0.717, 1.165) is 5.56 Å². The molecule has 0 fully saturated rings. The van der Waals surface area contributed by atoms with E-state index in [-0.39, 0.29) is 18.3 Å². The highest BCUT2D eigenvalue weighted by Crippen LogP contribution is 2.11. The summed E-state index contributed by atoms with van der Waals surface area (Å²) in [6.07, 6.45) is 0.677. The Hall–Kier alpha value is -2.98. The van der Waals surface area contributed by atoms with Gasteiger partial charge in [-0.25, -0.2) is 4.79 Å². The molecule has 1 aromatic rings. The van der Waals surface area contributed by atoms with Gasteiger partial charge < -0.3 is 31.9 Å². The predicted molar refractivity (Wildman–Crippen MR) is 123 cm³/mol. The van der Waals surface area contributed by atoms with E-state index in [0.29, 0.717) is 6.42 Å². The summed E-state index contributed by atoms with van der Waals surface area (Å²) in [5.41, 5.74) is 6.32. The maximum absolute atomic E-state index is 13.1. The summed E-state index contributed by atoms with van der Waals surface area (Å²) in [5.74, 6) is -3.77. The van der Waals surface area contributed by atoms with Crippen LogP contribution >= 0.6 is 0 Å². The third-order valence-corrected chi connectivity index (χ3v) is 5.47. The van der Waals surface area contributed by atoms with Gasteiger partial charge >= 0.3 is 5.97 Å². The Morgan fingerprint density at radius 3 is 1.97 bits per heavy atom. The number of nitrogens with two attached hydrogens (primary N) is 1. The minimum absolute atomic E-state index is 0.125. The zero-order chi connectivity index (χ0) is 25.1. The van der Waals surface area contributed by atoms with Gasteiger partial charge in [-0.15, -0.1) is 0 Å². The second-order valence-electron chi connectivity index (χ2n) is 8.48. The summed E-state index contributed by atoms with van der Waals surface area (Å²) in [6, 6.07) is 4.60. The summed E-state index contributed by atoms with van der Waals surface area (Å²) >= 11 is 0. The Balaban J connectivity index is 3.14. The predicted octanol–water partition coefficient (Wildman–Crippen LogP) is -0.210. The van der Waals surface area contributed by atoms with Crippen LogP contribution in [0.15, 0.2) is 30.3 Å². The van der Waals surface area contributed by atoms with Crippen LogP contribution in [0.4, 0.5) is 0 Å². The van der Waals surface area contributed by atoms with E-state index >= 15 is 0 Å². The normalized spacial score (nSPS) is 15.6. The van der Waals surface area contributed by atoms with Crippen LogP contribution in [0.5, 0.6) is 0 Å². The lowest BCUT2D eigenvalue weighted by Crippen LogP contribution is -2.59. The van der Waals surface area contributed by atoms with Crippen molar-refractivity contribution in [2.45, 2.75) is 64.7 Å². The summed E-state index contributed by atoms with van der Waals surface area (Å²) < 4.78 is 0. The summed E-state index contributed by atoms with van der Waals surface area (Å²) in [4.78, 5) is 49.9. The van der Waals surface area contributed by atoms with Gasteiger partial charge in [-0.3, -0.25) is 14.4 Å². The fourth-order valence-electron chi connectivity index (χ4n) is 3.13. The van der Waals surface area contributed by atoms with Gasteiger partial charge in [0.2, 0.25) is 17.7 Å². The average molecular weight is 465 g/mol. The van der Waals surface area contributed by atoms with E-state index < -0.39 is 54.5 Å². The first-order chi connectivity index (χ1) is 15.5. The number of hydrogen-bond donors (Lipinski definition) is 6. The Kier molecular flexibility index (Phi) is 11.5. The minimum atomic E-state index is -1.19. The van der Waals surface area contributed by atoms with E-state index in [1.807, 2.05) is 13.0 Å². The van der Waals surface area contributed by atoms with Gasteiger partial charge in [0.1, 0.15) is 24.2 Å². The molecular formula is C23H36N4O6. The molecule has 0 aliphatic rings. The maximum Gasteiger partial charge on any atom is 0.326 e. The highest BCUT2D eigenvalue weighted by Gasteiger charge is 2.33. The molecule has 1 aromatic carbocycles. The summed E-state index contributed by atoms with van der Waals surface area (Å²) in [7, 11) is 0. The molecular weight excluding hydrogens is 428 g/mol. The Bertz CT molecular complexity index is 801. The number of rotatable bonds is 13. The number of nitrogens with one attached hydrogen (secondary N) is 3. The highest BCUT2D eigenvalue weighted by molar-refractivity contribution is 5.94. The van der Waals surface area contributed by atoms with Gasteiger partial charge in [0.25, 0.3) is 0 Å². The standard InChI is InChI=1S/C23H36N4O6/c1-5-14(4)19(27-20(29)16(24)12-28)22(31)25-17(11-15-9-7-6-8-10-15)21(30)26-18(13(2)3)23(32)33/h6-10,13-14,16-19,28H,5,11-12,24H2,1-4H3,(H,25,31)(H,26,30)(H,27,29)(H,32,33). The van der Waals surface area contributed by atoms with Crippen LogP contribution in [-0.2, 0) is 25.6 Å². The fourth-order valence-corrected chi connectivity index (χ4v) is 3.13. The van der Waals surface area contributed by atoms with Crippen LogP contribution in [0.25, 0.3) is 0 Å². The molecule has 0 aromatic heterocycles. The van der Waals surface area contributed by atoms with E-state index in [4.69, 9.17) is 10.8 Å². The lowest BCUT2D eigenvalue weighted by Gasteiger charge is -2.28. The number of carbonyl (C=O) groups excluding carboxylic acids is 3. The molecule has 10 heteroatoms. The summed E-state index contributed by atoms with van der Waals surface area (Å²) in [6.45, 7) is 6.37. The second kappa shape index (κ2) is 13.5. The van der Waals surface area contributed by atoms with Crippen molar-refractivity contribution in [3.05, 3.63) is 35.9 Å². The number of aliphatic hydroxyl groups is 1. The molecule has 0 aliphatic heterocycles. The largest absolute Gasteiger partial charge is 0.480 e. The Morgan fingerprint density at radius 2 is 1.48 bits per heavy atom. The number of benzene rings is 1. The van der Waals surface area contributed by atoms with Crippen LogP contribution < -0.4 is 21.7 Å². The molecule has 5 atom stereocenters. The van der Waals surface area contributed by atoms with Gasteiger partial charge in [0.15, 0.2) is 0 Å². The van der Waals surface area contributed by atoms with Crippen LogP contribution in [0, 0.1) is 11.8 Å². The van der Waals surface area contributed by atoms with Crippen LogP contribution in [0.2, 0.25) is 0 Å². The fraction of sp³-hybridized carbons (Fsp3) is 0.565. The minimum Gasteiger partial charge on any atom is -0.480 e. The van der Waals surface area contributed by atoms with Gasteiger partial charge in [-0.2, -0.15) is 0 Å². The topological polar surface area (TPSA) is 171 Å². The van der Waals surface area contributed by atoms with Gasteiger partial charge in [-0.05, 0) is 17.4 Å². The monoisotopic (exact) mass is 464 g/mol. The van der Waals surface area contributed by atoms with E-state index in [1.54, 1.807) is 45.0 Å². The molecule has 0 bridgehead atoms. The third kappa shape index (κ3) is 8.82. The second-order valence-corrected chi connectivity index (χ2v) is 8.48. The van der Waals surface area contributed by atoms with Crippen molar-refractivity contribution < 1.29 is 29.4 Å². The van der Waals surface area contributed by atoms with Gasteiger partial charge in [0.05, 0.1) is 6.61 Å². The molecule has 0 aliphatic carbocycles. The molecule has 0 saturated carbocycles. The molecule has 0 heterocycles. The van der Waals surface area contributed by atoms with E-state index in [9.17, 15) is 24.3 Å². The lowest BCUT2D eigenvalue weighted by atomic mass is 9.96. The number of carbonyl (C=O) groups is 4. The lowest BCUT2D eigenvalue weighted by molar-refractivity contribution is -0.143. The quantitative estimate of drug-likeness (QED) is 0.234. The van der Waals surface area contributed by atoms with Crippen molar-refractivity contribution in [3.8, 4) is 0 Å². The molecule has 7 N–H and O–H groups in total. The van der Waals surface area contributed by atoms with Crippen molar-refractivity contribution in [2.24, 2.45) is 17.6 Å². The maximum atomic E-state index is 13.1. The zero-order valence-electron chi connectivity index (χ0n) is 19.6. The highest BCUT2D eigenvalue weighted by atomic mass is 16.4. The number of carboxylic acid groups (broad SMARTS) is 1. The first-order valence-electron chi connectivity index (χ1n) is 11.1. The van der Waals surface area contributed by atoms with Crippen molar-refractivity contribution in [1.82, 2.24) is 16.0 Å². The molecule has 10 nitrogen and oxygen atoms in total. The zero-order valence-corrected chi connectivity index (χ0v) is 19.6. The Morgan fingerprint density at radius 1 is 0.909 bits per heavy atom. The molecule has 184 valence electrons. The molecule has 3 amide bonds. The number of aliphatic hydroxyl groups excluding tert-OH is 1. The molecule has 0 saturated heterocycles. The Labute approximate surface area is 194 Å². The van der Waals surface area contributed by atoms with Gasteiger partial charge in [0, 0.05) is 6.42 Å². The van der Waals surface area contributed by atoms with Crippen molar-refractivity contribution in [2.75, 3.05) is 6.61 Å². The number of amides is 3. The van der Waals surface area contributed by atoms with Crippen molar-refractivity contribution in [1.29, 1.82) is 0 Å². The smallest absolute Gasteiger partial charge is 0.326 e. The first kappa shape index (κ1) is 28.1. The van der Waals surface area contributed by atoms with Gasteiger partial charge in [-0.1, -0.05) is 64.4 Å². The van der Waals surface area contributed by atoms with E-state index in [2.05, 4.69) is 16.0 Å². The molecule has 0 radical (unpaired) electrons. The van der Waals surface area contributed by atoms with Crippen LogP contribution in [0.3, 0.4) is 0 Å². The molecule has 33 heavy (non-hydrogen) atoms. The number of aliphatic carboxylic acids is 1. The average Bonchev–Trinajstić information content (AvgIpc) is 2.79. The third-order valence-electron chi connectivity index (χ3n) is 5.47. The van der Waals surface area contributed by atoms with Crippen molar-refractivity contribution >= 4 is 23.7 Å². The summed E-state index contributed by atoms with van der Waals surface area (Å²) in [5, 5.41) is 26.3.